The van der Waals surface area contributed by atoms with Gasteiger partial charge in [0.15, 0.2) is 0 Å². The van der Waals surface area contributed by atoms with Crippen LogP contribution in [0.3, 0.4) is 0 Å². The van der Waals surface area contributed by atoms with E-state index in [2.05, 4.69) is 89.7 Å². The zero-order valence-electron chi connectivity index (χ0n) is 28.5. The molecule has 4 aliphatic rings. The minimum Gasteiger partial charge on any atom is -0.447 e. The van der Waals surface area contributed by atoms with Crippen molar-refractivity contribution >= 4 is 29.7 Å². The second-order valence-corrected chi connectivity index (χ2v) is 13.3. The molecule has 3 saturated heterocycles. The van der Waals surface area contributed by atoms with Crippen LogP contribution in [0, 0.1) is 6.92 Å². The molecule has 7 rings (SSSR count). The standard InChI is InChI=1S/C16H23N3O2.C11H13NO2.C10H12N2O2/c1-19(2)6-5-12-9-17-15-4-3-11(8-14(12)15)7-13-10-21-16(20)18-13;1-8-2-4-9(5-3-8)6-10-7-14-11(13)12-10;11-8-3-1-7(2-4-8)5-9-6-14-10(13)12-9/h3-4,8,12-13,17H,5-7,9-10H2,1-2H3,(H,18,20);2-5,10H,6-7H2,1H3,(H,12,13);1-4,9H,5-6,11H2,(H,12,13)/t12?,13-;10-;9-/m000/s1. The molecule has 4 aliphatic heterocycles. The Kier molecular flexibility index (Phi) is 12.2. The summed E-state index contributed by atoms with van der Waals surface area (Å²) in [5, 5.41) is 11.8. The van der Waals surface area contributed by atoms with Gasteiger partial charge in [-0.25, -0.2) is 14.4 Å². The predicted molar refractivity (Wildman–Crippen MR) is 189 cm³/mol. The number of benzene rings is 3. The molecule has 49 heavy (non-hydrogen) atoms. The third-order valence-corrected chi connectivity index (χ3v) is 8.78. The molecule has 12 heteroatoms. The van der Waals surface area contributed by atoms with Crippen molar-refractivity contribution in [3.63, 3.8) is 0 Å². The quantitative estimate of drug-likeness (QED) is 0.165. The van der Waals surface area contributed by atoms with E-state index < -0.39 is 0 Å². The third kappa shape index (κ3) is 11.0. The van der Waals surface area contributed by atoms with Crippen LogP contribution in [0.2, 0.25) is 0 Å². The van der Waals surface area contributed by atoms with Crippen LogP contribution in [-0.2, 0) is 33.5 Å². The molecular weight excluding hydrogens is 624 g/mol. The lowest BCUT2D eigenvalue weighted by Crippen LogP contribution is -2.28. The summed E-state index contributed by atoms with van der Waals surface area (Å²) in [6, 6.07) is 22.9. The Morgan fingerprint density at radius 3 is 1.63 bits per heavy atom. The molecule has 3 amide bonds. The number of rotatable bonds is 9. The second kappa shape index (κ2) is 16.9. The van der Waals surface area contributed by atoms with Crippen molar-refractivity contribution in [2.24, 2.45) is 0 Å². The topological polar surface area (TPSA) is 156 Å². The van der Waals surface area contributed by atoms with E-state index >= 15 is 0 Å². The SMILES string of the molecule is CN(C)CCC1CNc2ccc(C[C@H]3COC(=O)N3)cc21.Cc1ccc(C[C@H]2COC(=O)N2)cc1.Nc1ccc(C[C@H]2COC(=O)N2)cc1. The fourth-order valence-electron chi connectivity index (χ4n) is 6.09. The monoisotopic (exact) mass is 672 g/mol. The second-order valence-electron chi connectivity index (χ2n) is 13.3. The number of hydrogen-bond acceptors (Lipinski definition) is 9. The number of hydrogen-bond donors (Lipinski definition) is 5. The molecule has 12 nitrogen and oxygen atoms in total. The van der Waals surface area contributed by atoms with Gasteiger partial charge >= 0.3 is 18.3 Å². The van der Waals surface area contributed by atoms with Gasteiger partial charge in [0.25, 0.3) is 0 Å². The number of nitrogens with zero attached hydrogens (tertiary/aromatic N) is 1. The first-order valence-corrected chi connectivity index (χ1v) is 16.8. The van der Waals surface area contributed by atoms with E-state index in [1.54, 1.807) is 0 Å². The summed E-state index contributed by atoms with van der Waals surface area (Å²) in [4.78, 5) is 34.8. The maximum absolute atomic E-state index is 11.1. The van der Waals surface area contributed by atoms with Gasteiger partial charge in [-0.3, -0.25) is 0 Å². The van der Waals surface area contributed by atoms with Crippen LogP contribution >= 0.6 is 0 Å². The van der Waals surface area contributed by atoms with Gasteiger partial charge in [0.1, 0.15) is 19.8 Å². The van der Waals surface area contributed by atoms with E-state index in [9.17, 15) is 14.4 Å². The number of nitrogens with two attached hydrogens (primary N) is 1. The largest absolute Gasteiger partial charge is 0.447 e. The number of carbonyl (C=O) groups is 3. The van der Waals surface area contributed by atoms with Crippen LogP contribution in [-0.4, -0.2) is 88.3 Å². The zero-order valence-corrected chi connectivity index (χ0v) is 28.5. The van der Waals surface area contributed by atoms with Crippen molar-refractivity contribution in [1.82, 2.24) is 20.9 Å². The molecule has 262 valence electrons. The Bertz CT molecular complexity index is 1500. The molecule has 0 spiro atoms. The summed E-state index contributed by atoms with van der Waals surface area (Å²) in [5.74, 6) is 0.580. The molecule has 0 bridgehead atoms. The lowest BCUT2D eigenvalue weighted by atomic mass is 9.94. The zero-order chi connectivity index (χ0) is 34.8. The predicted octanol–water partition coefficient (Wildman–Crippen LogP) is 4.36. The average molecular weight is 673 g/mol. The number of cyclic esters (lactones) is 3. The van der Waals surface area contributed by atoms with Crippen LogP contribution in [0.5, 0.6) is 0 Å². The number of carbonyl (C=O) groups excluding carboxylic acids is 3. The number of nitrogens with one attached hydrogen (secondary N) is 4. The van der Waals surface area contributed by atoms with E-state index in [1.165, 1.54) is 34.4 Å². The molecule has 4 atom stereocenters. The van der Waals surface area contributed by atoms with Gasteiger partial charge in [0.05, 0.1) is 18.1 Å². The Morgan fingerprint density at radius 1 is 0.694 bits per heavy atom. The number of ether oxygens (including phenoxy) is 3. The van der Waals surface area contributed by atoms with Crippen molar-refractivity contribution in [1.29, 1.82) is 0 Å². The number of aryl methyl sites for hydroxylation is 1. The molecule has 6 N–H and O–H groups in total. The lowest BCUT2D eigenvalue weighted by molar-refractivity contribution is 0.176. The van der Waals surface area contributed by atoms with Crippen LogP contribution in [0.25, 0.3) is 0 Å². The van der Waals surface area contributed by atoms with E-state index in [-0.39, 0.29) is 36.4 Å². The van der Waals surface area contributed by atoms with Gasteiger partial charge in [-0.15, -0.1) is 0 Å². The minimum absolute atomic E-state index is 0.0890. The van der Waals surface area contributed by atoms with Gasteiger partial charge in [-0.1, -0.05) is 54.1 Å². The molecule has 0 saturated carbocycles. The summed E-state index contributed by atoms with van der Waals surface area (Å²) in [6.07, 6.45) is 2.69. The van der Waals surface area contributed by atoms with Crippen molar-refractivity contribution < 1.29 is 28.6 Å². The maximum Gasteiger partial charge on any atom is 0.407 e. The number of anilines is 2. The number of alkyl carbamates (subject to hydrolysis) is 3. The Labute approximate surface area is 288 Å². The minimum atomic E-state index is -0.328. The molecular formula is C37H48N6O6. The van der Waals surface area contributed by atoms with Crippen LogP contribution in [0.15, 0.2) is 66.7 Å². The molecule has 0 aromatic heterocycles. The van der Waals surface area contributed by atoms with Gasteiger partial charge in [0.2, 0.25) is 0 Å². The van der Waals surface area contributed by atoms with E-state index in [4.69, 9.17) is 19.9 Å². The molecule has 0 radical (unpaired) electrons. The summed E-state index contributed by atoms with van der Waals surface area (Å²) in [5.41, 5.74) is 13.9. The fraction of sp³-hybridized carbons (Fsp3) is 0.432. The normalized spacial score (nSPS) is 21.8. The van der Waals surface area contributed by atoms with Crippen LogP contribution in [0.1, 0.15) is 40.2 Å². The highest BCUT2D eigenvalue weighted by atomic mass is 16.6. The van der Waals surface area contributed by atoms with Crippen molar-refractivity contribution in [3.05, 3.63) is 94.5 Å². The first-order valence-electron chi connectivity index (χ1n) is 16.8. The van der Waals surface area contributed by atoms with Gasteiger partial charge in [-0.2, -0.15) is 0 Å². The molecule has 3 aromatic carbocycles. The first kappa shape index (κ1) is 35.3. The number of fused-ring (bicyclic) bond motifs is 1. The third-order valence-electron chi connectivity index (χ3n) is 8.78. The lowest BCUT2D eigenvalue weighted by Gasteiger charge is -2.15. The summed E-state index contributed by atoms with van der Waals surface area (Å²) in [6.45, 7) is 5.58. The Hall–Kier alpha value is -4.97. The highest BCUT2D eigenvalue weighted by molar-refractivity contribution is 5.70. The van der Waals surface area contributed by atoms with E-state index in [0.717, 1.165) is 43.6 Å². The molecule has 4 heterocycles. The molecule has 3 aromatic rings. The van der Waals surface area contributed by atoms with Crippen molar-refractivity contribution in [2.75, 3.05) is 58.1 Å². The fourth-order valence-corrected chi connectivity index (χ4v) is 6.09. The van der Waals surface area contributed by atoms with Crippen molar-refractivity contribution in [2.45, 2.75) is 56.7 Å². The summed E-state index contributed by atoms with van der Waals surface area (Å²) < 4.78 is 14.5. The van der Waals surface area contributed by atoms with Gasteiger partial charge in [-0.05, 0) is 93.7 Å². The van der Waals surface area contributed by atoms with Gasteiger partial charge < -0.3 is 46.1 Å². The van der Waals surface area contributed by atoms with Crippen molar-refractivity contribution in [3.8, 4) is 0 Å². The summed E-state index contributed by atoms with van der Waals surface area (Å²) >= 11 is 0. The molecule has 0 aliphatic carbocycles. The average Bonchev–Trinajstić information content (AvgIpc) is 3.88. The van der Waals surface area contributed by atoms with E-state index in [1.807, 2.05) is 24.3 Å². The first-order chi connectivity index (χ1) is 23.6. The van der Waals surface area contributed by atoms with Gasteiger partial charge in [0, 0.05) is 23.8 Å². The highest BCUT2D eigenvalue weighted by Crippen LogP contribution is 2.34. The van der Waals surface area contributed by atoms with E-state index in [0.29, 0.717) is 25.7 Å². The smallest absolute Gasteiger partial charge is 0.407 e. The maximum atomic E-state index is 11.1. The Morgan fingerprint density at radius 2 is 1.16 bits per heavy atom. The molecule has 1 unspecified atom stereocenters. The highest BCUT2D eigenvalue weighted by Gasteiger charge is 2.26. The number of nitrogen functional groups attached to an aromatic ring is 1. The number of amides is 3. The summed E-state index contributed by atoms with van der Waals surface area (Å²) in [7, 11) is 4.23. The Balaban J connectivity index is 0.000000148. The molecule has 3 fully saturated rings. The van der Waals surface area contributed by atoms with Crippen LogP contribution < -0.4 is 27.0 Å². The van der Waals surface area contributed by atoms with Crippen LogP contribution in [0.4, 0.5) is 25.8 Å².